The first-order chi connectivity index (χ1) is 33.8. The third kappa shape index (κ3) is 9.13. The van der Waals surface area contributed by atoms with Crippen molar-refractivity contribution in [3.8, 4) is 11.4 Å². The van der Waals surface area contributed by atoms with Gasteiger partial charge in [-0.05, 0) is 113 Å². The number of nitrogens with one attached hydrogen (secondary N) is 3. The number of anilines is 2. The lowest BCUT2D eigenvalue weighted by Gasteiger charge is -2.38. The van der Waals surface area contributed by atoms with Crippen LogP contribution < -0.4 is 20.9 Å². The Bertz CT molecular complexity index is 3240. The van der Waals surface area contributed by atoms with E-state index >= 15 is 0 Å². The van der Waals surface area contributed by atoms with E-state index in [4.69, 9.17) is 10.2 Å². The number of rotatable bonds is 9. The molecule has 8 aromatic rings. The summed E-state index contributed by atoms with van der Waals surface area (Å²) in [5.41, 5.74) is 10.7. The number of aromatic nitrogens is 4. The molecule has 352 valence electrons. The van der Waals surface area contributed by atoms with Crippen LogP contribution in [0.4, 0.5) is 16.0 Å². The maximum atomic E-state index is 14.0. The average molecular weight is 933 g/mol. The lowest BCUT2D eigenvalue weighted by molar-refractivity contribution is -0.121. The molecular formula is C57H53FN8O4. The monoisotopic (exact) mass is 932 g/mol. The standard InChI is InChI=1S/C29H27FN4O2.C28H26N4O2/c1-4-33-28-24(19(3)32-34(28)23-11-6-5-7-12-23)25(20-13-15-22(30)16-14-20)26(29(33)36)31-27(35)21-10-8-9-18(2)17-21;1-17-12-14-20(15-13-17)24-23-19(3)31-32(22-10-5-4-6-11-22)26(23)30-28(34)25(24)29-27(33)21-9-7-8-18(2)16-21/h5-17,25-26H,4H2,1-3H3,(H,31,35);4-16,24-25H,1-3H3,(H,29,33)(H,30,34)/t25-,26-;24-,25-/m00/s1. The third-order valence-electron chi connectivity index (χ3n) is 12.9. The molecule has 10 rings (SSSR count). The Kier molecular flexibility index (Phi) is 13.1. The Morgan fingerprint density at radius 3 is 1.60 bits per heavy atom. The topological polar surface area (TPSA) is 143 Å². The average Bonchev–Trinajstić information content (AvgIpc) is 3.88. The number of halogens is 1. The summed E-state index contributed by atoms with van der Waals surface area (Å²) in [6, 6.07) is 46.5. The lowest BCUT2D eigenvalue weighted by atomic mass is 9.81. The summed E-state index contributed by atoms with van der Waals surface area (Å²) < 4.78 is 17.4. The van der Waals surface area contributed by atoms with E-state index in [9.17, 15) is 23.6 Å². The molecule has 13 heteroatoms. The minimum atomic E-state index is -0.886. The van der Waals surface area contributed by atoms with Gasteiger partial charge in [0.15, 0.2) is 0 Å². The van der Waals surface area contributed by atoms with Crippen molar-refractivity contribution >= 4 is 35.3 Å². The minimum Gasteiger partial charge on any atom is -0.339 e. The predicted octanol–water partition coefficient (Wildman–Crippen LogP) is 9.61. The van der Waals surface area contributed by atoms with Crippen LogP contribution in [0.5, 0.6) is 0 Å². The normalized spacial score (nSPS) is 17.1. The molecule has 2 aliphatic rings. The van der Waals surface area contributed by atoms with Crippen LogP contribution >= 0.6 is 0 Å². The lowest BCUT2D eigenvalue weighted by Crippen LogP contribution is -2.55. The number of fused-ring (bicyclic) bond motifs is 2. The van der Waals surface area contributed by atoms with Crippen molar-refractivity contribution in [1.29, 1.82) is 0 Å². The highest BCUT2D eigenvalue weighted by Gasteiger charge is 2.46. The van der Waals surface area contributed by atoms with Gasteiger partial charge in [0, 0.05) is 40.6 Å². The number of hydrogen-bond donors (Lipinski definition) is 3. The molecule has 4 atom stereocenters. The Hall–Kier alpha value is -8.45. The second-order valence-electron chi connectivity index (χ2n) is 17.8. The maximum absolute atomic E-state index is 14.0. The first-order valence-corrected chi connectivity index (χ1v) is 23.3. The molecule has 6 aromatic carbocycles. The number of aryl methyl sites for hydroxylation is 5. The number of amides is 4. The zero-order chi connectivity index (χ0) is 49.2. The first kappa shape index (κ1) is 46.7. The SMILES string of the molecule is CCN1C(=O)[C@@H](NC(=O)c2cccc(C)c2)[C@@H](c2ccc(F)cc2)c2c(C)nn(-c3ccccc3)c21.Cc1ccc([C@H]2c3c(C)nn(-c4ccccc4)c3NC(=O)[C@H]2NC(=O)c2cccc(C)c2)cc1. The fraction of sp³-hybridized carbons (Fsp3) is 0.193. The fourth-order valence-corrected chi connectivity index (χ4v) is 9.57. The summed E-state index contributed by atoms with van der Waals surface area (Å²) in [5.74, 6) is -1.10. The van der Waals surface area contributed by atoms with Crippen molar-refractivity contribution in [2.24, 2.45) is 0 Å². The van der Waals surface area contributed by atoms with Gasteiger partial charge >= 0.3 is 0 Å². The van der Waals surface area contributed by atoms with Crippen LogP contribution in [0, 0.1) is 40.4 Å². The zero-order valence-electron chi connectivity index (χ0n) is 39.8. The maximum Gasteiger partial charge on any atom is 0.251 e. The summed E-state index contributed by atoms with van der Waals surface area (Å²) in [5, 5.41) is 18.6. The fourth-order valence-electron chi connectivity index (χ4n) is 9.57. The number of nitrogens with zero attached hydrogens (tertiary/aromatic N) is 5. The number of carbonyl (C=O) groups excluding carboxylic acids is 4. The van der Waals surface area contributed by atoms with Crippen molar-refractivity contribution in [3.05, 3.63) is 225 Å². The van der Waals surface area contributed by atoms with Crippen molar-refractivity contribution in [3.63, 3.8) is 0 Å². The van der Waals surface area contributed by atoms with Gasteiger partial charge in [-0.1, -0.05) is 114 Å². The summed E-state index contributed by atoms with van der Waals surface area (Å²) in [6.45, 7) is 12.0. The molecule has 0 saturated carbocycles. The van der Waals surface area contributed by atoms with Gasteiger partial charge < -0.3 is 16.0 Å². The molecule has 3 N–H and O–H groups in total. The molecule has 0 radical (unpaired) electrons. The highest BCUT2D eigenvalue weighted by molar-refractivity contribution is 6.06. The van der Waals surface area contributed by atoms with Gasteiger partial charge in [0.2, 0.25) is 5.91 Å². The van der Waals surface area contributed by atoms with Crippen LogP contribution in [-0.2, 0) is 9.59 Å². The first-order valence-electron chi connectivity index (χ1n) is 23.3. The number of para-hydroxylation sites is 2. The molecule has 0 spiro atoms. The Morgan fingerprint density at radius 1 is 0.571 bits per heavy atom. The van der Waals surface area contributed by atoms with Crippen molar-refractivity contribution in [2.75, 3.05) is 16.8 Å². The summed E-state index contributed by atoms with van der Waals surface area (Å²) >= 11 is 0. The number of likely N-dealkylation sites (N-methyl/N-ethyl adjacent to an activating group) is 1. The Labute approximate surface area is 406 Å². The second kappa shape index (κ2) is 19.6. The van der Waals surface area contributed by atoms with E-state index in [0.717, 1.165) is 61.7 Å². The highest BCUT2D eigenvalue weighted by atomic mass is 19.1. The summed E-state index contributed by atoms with van der Waals surface area (Å²) in [7, 11) is 0. The quantitative estimate of drug-likeness (QED) is 0.132. The molecule has 4 amide bonds. The third-order valence-corrected chi connectivity index (χ3v) is 12.9. The van der Waals surface area contributed by atoms with E-state index in [1.54, 1.807) is 44.6 Å². The van der Waals surface area contributed by atoms with Crippen LogP contribution in [0.1, 0.15) is 89.8 Å². The largest absolute Gasteiger partial charge is 0.339 e. The van der Waals surface area contributed by atoms with Crippen LogP contribution in [-0.4, -0.2) is 61.8 Å². The molecule has 70 heavy (non-hydrogen) atoms. The summed E-state index contributed by atoms with van der Waals surface area (Å²) in [6.07, 6.45) is 0. The van der Waals surface area contributed by atoms with E-state index < -0.39 is 18.0 Å². The van der Waals surface area contributed by atoms with E-state index in [2.05, 4.69) is 16.0 Å². The zero-order valence-corrected chi connectivity index (χ0v) is 39.8. The van der Waals surface area contributed by atoms with E-state index in [1.807, 2.05) is 157 Å². The molecule has 2 aromatic heterocycles. The van der Waals surface area contributed by atoms with Gasteiger partial charge in [-0.3, -0.25) is 24.1 Å². The van der Waals surface area contributed by atoms with Gasteiger partial charge in [-0.2, -0.15) is 10.2 Å². The molecular weight excluding hydrogens is 880 g/mol. The molecule has 0 fully saturated rings. The molecule has 0 unspecified atom stereocenters. The van der Waals surface area contributed by atoms with E-state index in [-0.39, 0.29) is 35.4 Å². The second-order valence-corrected chi connectivity index (χ2v) is 17.8. The van der Waals surface area contributed by atoms with Crippen LogP contribution in [0.25, 0.3) is 11.4 Å². The number of benzene rings is 6. The van der Waals surface area contributed by atoms with Gasteiger partial charge in [-0.15, -0.1) is 0 Å². The van der Waals surface area contributed by atoms with Crippen LogP contribution in [0.2, 0.25) is 0 Å². The molecule has 12 nitrogen and oxygen atoms in total. The van der Waals surface area contributed by atoms with E-state index in [0.29, 0.717) is 29.3 Å². The van der Waals surface area contributed by atoms with Gasteiger partial charge in [0.05, 0.1) is 22.8 Å². The van der Waals surface area contributed by atoms with Crippen molar-refractivity contribution in [2.45, 2.75) is 65.5 Å². The van der Waals surface area contributed by atoms with Gasteiger partial charge in [-0.25, -0.2) is 13.8 Å². The Morgan fingerprint density at radius 2 is 1.06 bits per heavy atom. The minimum absolute atomic E-state index is 0.239. The number of hydrogen-bond acceptors (Lipinski definition) is 6. The van der Waals surface area contributed by atoms with Crippen LogP contribution in [0.3, 0.4) is 0 Å². The van der Waals surface area contributed by atoms with E-state index in [1.165, 1.54) is 12.1 Å². The molecule has 2 aliphatic heterocycles. The van der Waals surface area contributed by atoms with Crippen molar-refractivity contribution < 1.29 is 23.6 Å². The molecule has 0 saturated heterocycles. The predicted molar refractivity (Wildman–Crippen MR) is 269 cm³/mol. The number of carbonyl (C=O) groups is 4. The van der Waals surface area contributed by atoms with Gasteiger partial charge in [0.1, 0.15) is 29.5 Å². The smallest absolute Gasteiger partial charge is 0.251 e. The summed E-state index contributed by atoms with van der Waals surface area (Å²) in [4.78, 5) is 55.6. The van der Waals surface area contributed by atoms with Crippen molar-refractivity contribution in [1.82, 2.24) is 30.2 Å². The molecule has 4 heterocycles. The molecule has 0 bridgehead atoms. The van der Waals surface area contributed by atoms with Gasteiger partial charge in [0.25, 0.3) is 17.7 Å². The Balaban J connectivity index is 0.000000174. The highest BCUT2D eigenvalue weighted by Crippen LogP contribution is 2.44. The van der Waals surface area contributed by atoms with Crippen LogP contribution in [0.15, 0.2) is 158 Å². The molecule has 0 aliphatic carbocycles.